The van der Waals surface area contributed by atoms with Gasteiger partial charge in [-0.2, -0.15) is 0 Å². The van der Waals surface area contributed by atoms with Crippen molar-refractivity contribution in [3.05, 3.63) is 119 Å². The minimum atomic E-state index is -1.22. The van der Waals surface area contributed by atoms with Crippen molar-refractivity contribution < 1.29 is 47.8 Å². The molecule has 0 bridgehead atoms. The van der Waals surface area contributed by atoms with Crippen molar-refractivity contribution >= 4 is 35.7 Å². The van der Waals surface area contributed by atoms with E-state index in [1.807, 2.05) is 48.5 Å². The SMILES string of the molecule is O=C(CNC(=O)OCC1c2ccccc2-c2ccccc21)NCC(=O)N[C@@H](Cc1ccccc1)C(=O)NCC(=O)NCOCc1ccc(C(=O)O)o1. The average Bonchev–Trinajstić information content (AvgIpc) is 3.76. The topological polar surface area (TPSA) is 214 Å². The fraction of sp³-hybridized carbons (Fsp3) is 0.243. The van der Waals surface area contributed by atoms with Crippen LogP contribution in [0.25, 0.3) is 11.1 Å². The number of alkyl carbamates (subject to hydrolysis) is 1. The summed E-state index contributed by atoms with van der Waals surface area (Å²) in [5.41, 5.74) is 5.01. The minimum absolute atomic E-state index is 0.0762. The number of aromatic carboxylic acids is 1. The van der Waals surface area contributed by atoms with E-state index >= 15 is 0 Å². The van der Waals surface area contributed by atoms with Crippen LogP contribution in [0.2, 0.25) is 0 Å². The second-order valence-corrected chi connectivity index (χ2v) is 11.6. The monoisotopic (exact) mass is 711 g/mol. The summed E-state index contributed by atoms with van der Waals surface area (Å²) in [5.74, 6) is -3.91. The number of benzene rings is 3. The number of carboxylic acids is 1. The largest absolute Gasteiger partial charge is 0.475 e. The van der Waals surface area contributed by atoms with E-state index in [1.165, 1.54) is 12.1 Å². The fourth-order valence-corrected chi connectivity index (χ4v) is 5.55. The van der Waals surface area contributed by atoms with Crippen LogP contribution < -0.4 is 26.6 Å². The summed E-state index contributed by atoms with van der Waals surface area (Å²) in [6, 6.07) is 26.3. The van der Waals surface area contributed by atoms with Crippen LogP contribution in [0, 0.1) is 0 Å². The van der Waals surface area contributed by atoms with Gasteiger partial charge in [0, 0.05) is 12.3 Å². The molecule has 0 saturated carbocycles. The normalized spacial score (nSPS) is 12.1. The van der Waals surface area contributed by atoms with E-state index in [-0.39, 0.29) is 43.8 Å². The molecule has 6 N–H and O–H groups in total. The minimum Gasteiger partial charge on any atom is -0.475 e. The number of ether oxygens (including phenoxy) is 2. The van der Waals surface area contributed by atoms with Crippen LogP contribution in [0.1, 0.15) is 38.9 Å². The molecule has 4 aromatic rings. The Balaban J connectivity index is 1.02. The molecule has 15 nitrogen and oxygen atoms in total. The summed E-state index contributed by atoms with van der Waals surface area (Å²) in [6.07, 6.45) is -0.689. The third kappa shape index (κ3) is 10.3. The van der Waals surface area contributed by atoms with Crippen LogP contribution in [0.3, 0.4) is 0 Å². The lowest BCUT2D eigenvalue weighted by Crippen LogP contribution is -2.52. The van der Waals surface area contributed by atoms with Crippen molar-refractivity contribution in [1.29, 1.82) is 0 Å². The van der Waals surface area contributed by atoms with E-state index in [9.17, 15) is 28.8 Å². The van der Waals surface area contributed by atoms with Crippen molar-refractivity contribution in [3.63, 3.8) is 0 Å². The van der Waals surface area contributed by atoms with Gasteiger partial charge in [0.05, 0.1) is 13.1 Å². The van der Waals surface area contributed by atoms with Gasteiger partial charge >= 0.3 is 12.1 Å². The zero-order chi connectivity index (χ0) is 36.9. The Morgan fingerprint density at radius 2 is 1.31 bits per heavy atom. The third-order valence-electron chi connectivity index (χ3n) is 8.03. The molecule has 52 heavy (non-hydrogen) atoms. The summed E-state index contributed by atoms with van der Waals surface area (Å²) in [6.45, 7) is -1.60. The standard InChI is InChI=1S/C37H37N5O10/c43-32(18-40-37(49)51-21-29-27-12-6-4-10-25(27)26-11-5-7-13-28(26)29)38-19-34(45)42-30(16-23-8-2-1-3-9-23)35(46)39-17-33(44)41-22-50-20-24-14-15-31(52-24)36(47)48/h1-15,29-30H,16-22H2,(H,38,43)(H,39,46)(H,40,49)(H,41,44)(H,42,45)(H,47,48)/t30-/m0/s1. The number of rotatable bonds is 17. The fourth-order valence-electron chi connectivity index (χ4n) is 5.55. The Kier molecular flexibility index (Phi) is 12.7. The van der Waals surface area contributed by atoms with Gasteiger partial charge < -0.3 is 45.6 Å². The Hall–Kier alpha value is -6.48. The lowest BCUT2D eigenvalue weighted by molar-refractivity contribution is -0.131. The molecule has 1 aliphatic carbocycles. The molecule has 0 saturated heterocycles. The quantitative estimate of drug-likeness (QED) is 0.0693. The van der Waals surface area contributed by atoms with Crippen LogP contribution in [0.15, 0.2) is 95.4 Å². The molecule has 0 aliphatic heterocycles. The molecule has 15 heteroatoms. The van der Waals surface area contributed by atoms with Crippen LogP contribution in [-0.2, 0) is 41.7 Å². The number of hydrogen-bond donors (Lipinski definition) is 6. The second-order valence-electron chi connectivity index (χ2n) is 11.6. The number of hydrogen-bond acceptors (Lipinski definition) is 9. The molecular formula is C37H37N5O10. The summed E-state index contributed by atoms with van der Waals surface area (Å²) in [5, 5.41) is 21.2. The smallest absolute Gasteiger partial charge is 0.407 e. The highest BCUT2D eigenvalue weighted by atomic mass is 16.5. The summed E-state index contributed by atoms with van der Waals surface area (Å²) in [7, 11) is 0. The van der Waals surface area contributed by atoms with Gasteiger partial charge in [-0.05, 0) is 39.9 Å². The first-order valence-corrected chi connectivity index (χ1v) is 16.3. The Labute approximate surface area is 298 Å². The lowest BCUT2D eigenvalue weighted by Gasteiger charge is -2.19. The third-order valence-corrected chi connectivity index (χ3v) is 8.03. The summed E-state index contributed by atoms with van der Waals surface area (Å²) >= 11 is 0. The van der Waals surface area contributed by atoms with Gasteiger partial charge in [-0.15, -0.1) is 0 Å². The Bertz CT molecular complexity index is 1870. The van der Waals surface area contributed by atoms with Gasteiger partial charge in [-0.3, -0.25) is 19.2 Å². The van der Waals surface area contributed by atoms with Crippen LogP contribution >= 0.6 is 0 Å². The van der Waals surface area contributed by atoms with Crippen molar-refractivity contribution in [1.82, 2.24) is 26.6 Å². The van der Waals surface area contributed by atoms with Crippen LogP contribution in [0.5, 0.6) is 0 Å². The molecule has 0 spiro atoms. The molecule has 0 radical (unpaired) electrons. The number of fused-ring (bicyclic) bond motifs is 3. The molecule has 1 aromatic heterocycles. The number of furan rings is 1. The lowest BCUT2D eigenvalue weighted by atomic mass is 9.98. The van der Waals surface area contributed by atoms with E-state index in [1.54, 1.807) is 30.3 Å². The van der Waals surface area contributed by atoms with Crippen LogP contribution in [-0.4, -0.2) is 79.8 Å². The molecule has 0 fully saturated rings. The predicted molar refractivity (Wildman–Crippen MR) is 185 cm³/mol. The van der Waals surface area contributed by atoms with E-state index in [2.05, 4.69) is 26.6 Å². The first-order valence-electron chi connectivity index (χ1n) is 16.3. The van der Waals surface area contributed by atoms with Gasteiger partial charge in [-0.25, -0.2) is 9.59 Å². The zero-order valence-electron chi connectivity index (χ0n) is 27.9. The molecule has 5 amide bonds. The van der Waals surface area contributed by atoms with Crippen molar-refractivity contribution in [2.45, 2.75) is 25.0 Å². The number of nitrogens with one attached hydrogen (secondary N) is 5. The molecule has 0 unspecified atom stereocenters. The number of amides is 5. The average molecular weight is 712 g/mol. The molecule has 1 heterocycles. The van der Waals surface area contributed by atoms with Gasteiger partial charge in [0.25, 0.3) is 0 Å². The summed E-state index contributed by atoms with van der Waals surface area (Å²) < 4.78 is 15.7. The van der Waals surface area contributed by atoms with E-state index in [0.29, 0.717) is 0 Å². The maximum atomic E-state index is 13.0. The Morgan fingerprint density at radius 1 is 0.692 bits per heavy atom. The zero-order valence-corrected chi connectivity index (χ0v) is 27.9. The highest BCUT2D eigenvalue weighted by molar-refractivity contribution is 5.92. The number of carboxylic acid groups (broad SMARTS) is 1. The highest BCUT2D eigenvalue weighted by Crippen LogP contribution is 2.44. The van der Waals surface area contributed by atoms with Gasteiger partial charge in [0.2, 0.25) is 29.4 Å². The van der Waals surface area contributed by atoms with Gasteiger partial charge in [0.15, 0.2) is 0 Å². The van der Waals surface area contributed by atoms with E-state index < -0.39 is 61.4 Å². The molecule has 1 aliphatic rings. The summed E-state index contributed by atoms with van der Waals surface area (Å²) in [4.78, 5) is 73.8. The second kappa shape index (κ2) is 18.0. The molecular weight excluding hydrogens is 674 g/mol. The number of carbonyl (C=O) groups is 6. The predicted octanol–water partition coefficient (Wildman–Crippen LogP) is 2.07. The first-order chi connectivity index (χ1) is 25.2. The maximum absolute atomic E-state index is 13.0. The molecule has 5 rings (SSSR count). The van der Waals surface area contributed by atoms with Crippen molar-refractivity contribution in [2.75, 3.05) is 33.0 Å². The molecule has 3 aromatic carbocycles. The molecule has 1 atom stereocenters. The van der Waals surface area contributed by atoms with E-state index in [4.69, 9.17) is 19.0 Å². The highest BCUT2D eigenvalue weighted by Gasteiger charge is 2.29. The van der Waals surface area contributed by atoms with Crippen molar-refractivity contribution in [3.8, 4) is 11.1 Å². The van der Waals surface area contributed by atoms with Gasteiger partial charge in [-0.1, -0.05) is 78.9 Å². The molecule has 270 valence electrons. The van der Waals surface area contributed by atoms with Crippen molar-refractivity contribution in [2.24, 2.45) is 0 Å². The number of carbonyl (C=O) groups excluding carboxylic acids is 5. The maximum Gasteiger partial charge on any atom is 0.407 e. The van der Waals surface area contributed by atoms with E-state index in [0.717, 1.165) is 27.8 Å². The Morgan fingerprint density at radius 3 is 1.98 bits per heavy atom. The van der Waals surface area contributed by atoms with Gasteiger partial charge in [0.1, 0.15) is 38.3 Å². The first kappa shape index (κ1) is 36.8. The van der Waals surface area contributed by atoms with Crippen LogP contribution in [0.4, 0.5) is 4.79 Å².